The summed E-state index contributed by atoms with van der Waals surface area (Å²) in [4.78, 5) is 25.3. The molecule has 2 aliphatic heterocycles. The van der Waals surface area contributed by atoms with Crippen LogP contribution in [0.2, 0.25) is 0 Å². The lowest BCUT2D eigenvalue weighted by atomic mass is 10.1. The molecule has 0 aliphatic carbocycles. The molecule has 20 heavy (non-hydrogen) atoms. The van der Waals surface area contributed by atoms with Gasteiger partial charge < -0.3 is 20.1 Å². The number of carbonyl (C=O) groups is 2. The van der Waals surface area contributed by atoms with Crippen molar-refractivity contribution in [2.45, 2.75) is 43.7 Å². The molecule has 114 valence electrons. The first-order chi connectivity index (χ1) is 9.63. The monoisotopic (exact) mass is 302 g/mol. The first kappa shape index (κ1) is 15.6. The van der Waals surface area contributed by atoms with E-state index in [1.54, 1.807) is 16.7 Å². The summed E-state index contributed by atoms with van der Waals surface area (Å²) in [5, 5.41) is 12.4. The van der Waals surface area contributed by atoms with Crippen LogP contribution in [0.1, 0.15) is 26.2 Å². The maximum Gasteiger partial charge on any atom is 0.327 e. The van der Waals surface area contributed by atoms with Gasteiger partial charge in [-0.3, -0.25) is 4.79 Å². The van der Waals surface area contributed by atoms with Gasteiger partial charge in [-0.25, -0.2) is 4.79 Å². The molecule has 0 saturated carbocycles. The Balaban J connectivity index is 2.00. The van der Waals surface area contributed by atoms with Gasteiger partial charge in [0.2, 0.25) is 5.91 Å². The number of hydrogen-bond donors (Lipinski definition) is 2. The third-order valence-electron chi connectivity index (χ3n) is 3.61. The zero-order valence-electron chi connectivity index (χ0n) is 11.7. The molecule has 2 heterocycles. The second kappa shape index (κ2) is 7.28. The summed E-state index contributed by atoms with van der Waals surface area (Å²) in [5.74, 6) is -0.531. The lowest BCUT2D eigenvalue weighted by molar-refractivity contribution is -0.150. The van der Waals surface area contributed by atoms with E-state index in [-0.39, 0.29) is 23.8 Å². The molecule has 0 aromatic rings. The van der Waals surface area contributed by atoms with Gasteiger partial charge in [0, 0.05) is 18.8 Å². The Bertz CT molecular complexity index is 360. The molecule has 0 radical (unpaired) electrons. The standard InChI is InChI=1S/C13H22N2O4S/c1-2-3-12-15(10(8-20-12)13(17)18)11(16)6-9-7-14-4-5-19-9/h9-10,12,14H,2-8H2,1H3,(H,17,18). The molecule has 2 fully saturated rings. The smallest absolute Gasteiger partial charge is 0.327 e. The molecule has 1 amide bonds. The average molecular weight is 302 g/mol. The van der Waals surface area contributed by atoms with Crippen molar-refractivity contribution >= 4 is 23.6 Å². The Morgan fingerprint density at radius 2 is 2.30 bits per heavy atom. The summed E-state index contributed by atoms with van der Waals surface area (Å²) in [7, 11) is 0. The van der Waals surface area contributed by atoms with Crippen molar-refractivity contribution in [3.63, 3.8) is 0 Å². The number of rotatable bonds is 5. The Morgan fingerprint density at radius 1 is 1.50 bits per heavy atom. The highest BCUT2D eigenvalue weighted by Crippen LogP contribution is 2.33. The highest BCUT2D eigenvalue weighted by atomic mass is 32.2. The fourth-order valence-electron chi connectivity index (χ4n) is 2.61. The average Bonchev–Trinajstić information content (AvgIpc) is 2.84. The Labute approximate surface area is 123 Å². The zero-order valence-corrected chi connectivity index (χ0v) is 12.5. The van der Waals surface area contributed by atoms with Gasteiger partial charge in [-0.1, -0.05) is 13.3 Å². The largest absolute Gasteiger partial charge is 0.480 e. The molecule has 2 rings (SSSR count). The van der Waals surface area contributed by atoms with Crippen molar-refractivity contribution in [1.29, 1.82) is 0 Å². The normalized spacial score (nSPS) is 30.4. The topological polar surface area (TPSA) is 78.9 Å². The van der Waals surface area contributed by atoms with Gasteiger partial charge in [-0.2, -0.15) is 0 Å². The molecule has 3 unspecified atom stereocenters. The Hall–Kier alpha value is -0.790. The molecule has 0 aromatic heterocycles. The number of aliphatic carboxylic acids is 1. The number of morpholine rings is 1. The van der Waals surface area contributed by atoms with E-state index in [1.807, 2.05) is 6.92 Å². The van der Waals surface area contributed by atoms with E-state index >= 15 is 0 Å². The van der Waals surface area contributed by atoms with Gasteiger partial charge in [0.05, 0.1) is 24.5 Å². The lowest BCUT2D eigenvalue weighted by Gasteiger charge is -2.30. The van der Waals surface area contributed by atoms with Crippen LogP contribution >= 0.6 is 11.8 Å². The van der Waals surface area contributed by atoms with Crippen molar-refractivity contribution in [2.75, 3.05) is 25.4 Å². The zero-order chi connectivity index (χ0) is 14.5. The van der Waals surface area contributed by atoms with Gasteiger partial charge in [0.15, 0.2) is 0 Å². The predicted molar refractivity (Wildman–Crippen MR) is 76.7 cm³/mol. The van der Waals surface area contributed by atoms with Gasteiger partial charge >= 0.3 is 5.97 Å². The van der Waals surface area contributed by atoms with Crippen LogP contribution in [0, 0.1) is 0 Å². The van der Waals surface area contributed by atoms with E-state index in [9.17, 15) is 14.7 Å². The number of thioether (sulfide) groups is 1. The van der Waals surface area contributed by atoms with Crippen LogP contribution in [-0.4, -0.2) is 64.9 Å². The number of nitrogens with zero attached hydrogens (tertiary/aromatic N) is 1. The summed E-state index contributed by atoms with van der Waals surface area (Å²) < 4.78 is 5.53. The highest BCUT2D eigenvalue weighted by molar-refractivity contribution is 8.00. The minimum absolute atomic E-state index is 0.00912. The van der Waals surface area contributed by atoms with Crippen LogP contribution in [0.5, 0.6) is 0 Å². The highest BCUT2D eigenvalue weighted by Gasteiger charge is 2.41. The third kappa shape index (κ3) is 3.65. The maximum atomic E-state index is 12.5. The van der Waals surface area contributed by atoms with E-state index in [4.69, 9.17) is 4.74 Å². The van der Waals surface area contributed by atoms with Crippen LogP contribution in [0.25, 0.3) is 0 Å². The second-order valence-electron chi connectivity index (χ2n) is 5.13. The van der Waals surface area contributed by atoms with Crippen LogP contribution in [0.15, 0.2) is 0 Å². The summed E-state index contributed by atoms with van der Waals surface area (Å²) in [6.45, 7) is 4.11. The minimum atomic E-state index is -0.910. The molecule has 3 atom stereocenters. The maximum absolute atomic E-state index is 12.5. The van der Waals surface area contributed by atoms with Crippen LogP contribution in [0.4, 0.5) is 0 Å². The van der Waals surface area contributed by atoms with Gasteiger partial charge in [0.25, 0.3) is 0 Å². The van der Waals surface area contributed by atoms with Crippen LogP contribution in [-0.2, 0) is 14.3 Å². The number of carboxylic acids is 1. The minimum Gasteiger partial charge on any atom is -0.480 e. The molecule has 0 spiro atoms. The first-order valence-corrected chi connectivity index (χ1v) is 8.16. The molecular formula is C13H22N2O4S. The summed E-state index contributed by atoms with van der Waals surface area (Å²) in [6, 6.07) is -0.694. The number of carboxylic acid groups (broad SMARTS) is 1. The molecule has 0 aromatic carbocycles. The van der Waals surface area contributed by atoms with E-state index in [0.29, 0.717) is 18.9 Å². The summed E-state index contributed by atoms with van der Waals surface area (Å²) in [6.07, 6.45) is 1.90. The molecule has 0 bridgehead atoms. The SMILES string of the molecule is CCCC1SCC(C(=O)O)N1C(=O)CC1CNCCO1. The van der Waals surface area contributed by atoms with Gasteiger partial charge in [0.1, 0.15) is 6.04 Å². The quantitative estimate of drug-likeness (QED) is 0.771. The van der Waals surface area contributed by atoms with Crippen molar-refractivity contribution < 1.29 is 19.4 Å². The van der Waals surface area contributed by atoms with Crippen molar-refractivity contribution in [1.82, 2.24) is 10.2 Å². The molecule has 6 nitrogen and oxygen atoms in total. The lowest BCUT2D eigenvalue weighted by Crippen LogP contribution is -2.48. The number of hydrogen-bond acceptors (Lipinski definition) is 5. The summed E-state index contributed by atoms with van der Waals surface area (Å²) >= 11 is 1.57. The molecule has 2 aliphatic rings. The van der Waals surface area contributed by atoms with Crippen LogP contribution in [0.3, 0.4) is 0 Å². The van der Waals surface area contributed by atoms with Gasteiger partial charge in [-0.05, 0) is 6.42 Å². The summed E-state index contributed by atoms with van der Waals surface area (Å²) in [5.41, 5.74) is 0. The third-order valence-corrected chi connectivity index (χ3v) is 4.96. The molecule has 2 saturated heterocycles. The number of ether oxygens (including phenoxy) is 1. The van der Waals surface area contributed by atoms with Crippen LogP contribution < -0.4 is 5.32 Å². The van der Waals surface area contributed by atoms with Crippen molar-refractivity contribution in [3.8, 4) is 0 Å². The van der Waals surface area contributed by atoms with Gasteiger partial charge in [-0.15, -0.1) is 11.8 Å². The fraction of sp³-hybridized carbons (Fsp3) is 0.846. The molecular weight excluding hydrogens is 280 g/mol. The number of amides is 1. The predicted octanol–water partition coefficient (Wildman–Crippen LogP) is 0.520. The number of nitrogens with one attached hydrogen (secondary N) is 1. The van der Waals surface area contributed by atoms with Crippen molar-refractivity contribution in [2.24, 2.45) is 0 Å². The first-order valence-electron chi connectivity index (χ1n) is 7.11. The van der Waals surface area contributed by atoms with Crippen molar-refractivity contribution in [3.05, 3.63) is 0 Å². The molecule has 2 N–H and O–H groups in total. The molecule has 7 heteroatoms. The number of carbonyl (C=O) groups excluding carboxylic acids is 1. The second-order valence-corrected chi connectivity index (χ2v) is 6.34. The van der Waals surface area contributed by atoms with E-state index in [0.717, 1.165) is 19.4 Å². The van der Waals surface area contributed by atoms with E-state index < -0.39 is 12.0 Å². The Morgan fingerprint density at radius 3 is 2.90 bits per heavy atom. The Kier molecular flexibility index (Phi) is 5.68. The van der Waals surface area contributed by atoms with E-state index in [2.05, 4.69) is 5.32 Å². The van der Waals surface area contributed by atoms with E-state index in [1.165, 1.54) is 0 Å². The fourth-order valence-corrected chi connectivity index (χ4v) is 4.14.